The summed E-state index contributed by atoms with van der Waals surface area (Å²) in [4.78, 5) is 10.7. The Labute approximate surface area is 281 Å². The first-order valence-electron chi connectivity index (χ1n) is 16.3. The molecule has 3 aliphatic heterocycles. The fraction of sp³-hybridized carbons (Fsp3) is 0.500. The molecule has 4 aromatic rings. The molecule has 2 unspecified atom stereocenters. The number of hydrogen-bond donors (Lipinski definition) is 2. The van der Waals surface area contributed by atoms with Gasteiger partial charge in [-0.05, 0) is 68.2 Å². The molecule has 5 heterocycles. The number of hydrogen-bond acceptors (Lipinski definition) is 9. The summed E-state index contributed by atoms with van der Waals surface area (Å²) in [5.74, 6) is -2.42. The number of nitriles is 1. The second-order valence-electron chi connectivity index (χ2n) is 13.9. The quantitative estimate of drug-likeness (QED) is 0.205. The third-order valence-corrected chi connectivity index (χ3v) is 11.9. The molecule has 2 aromatic heterocycles. The van der Waals surface area contributed by atoms with Crippen LogP contribution in [0.25, 0.3) is 32.1 Å². The van der Waals surface area contributed by atoms with E-state index in [0.29, 0.717) is 37.1 Å². The smallest absolute Gasteiger partial charge is 0.417 e. The Morgan fingerprint density at radius 3 is 2.61 bits per heavy atom. The first-order valence-corrected chi connectivity index (χ1v) is 17.1. The first kappa shape index (κ1) is 32.3. The van der Waals surface area contributed by atoms with Crippen molar-refractivity contribution in [1.29, 1.82) is 5.26 Å². The zero-order chi connectivity index (χ0) is 34.3. The molecule has 2 aromatic carbocycles. The molecular formula is C34H32F6N6O2S. The maximum atomic E-state index is 16.9. The average Bonchev–Trinajstić information content (AvgIpc) is 3.69. The van der Waals surface area contributed by atoms with Crippen LogP contribution in [-0.4, -0.2) is 65.5 Å². The predicted molar refractivity (Wildman–Crippen MR) is 171 cm³/mol. The second kappa shape index (κ2) is 11.6. The van der Waals surface area contributed by atoms with Crippen molar-refractivity contribution >= 4 is 37.3 Å². The van der Waals surface area contributed by atoms with E-state index in [1.165, 1.54) is 0 Å². The Bertz CT molecular complexity index is 2020. The predicted octanol–water partition coefficient (Wildman–Crippen LogP) is 7.13. The van der Waals surface area contributed by atoms with Gasteiger partial charge in [-0.1, -0.05) is 6.07 Å². The molecule has 8 rings (SSSR count). The van der Waals surface area contributed by atoms with Crippen LogP contribution >= 0.6 is 11.3 Å². The molecule has 15 heteroatoms. The number of benzene rings is 2. The van der Waals surface area contributed by atoms with Crippen LogP contribution in [0, 0.1) is 28.4 Å². The number of halogens is 6. The van der Waals surface area contributed by atoms with Crippen LogP contribution in [0.4, 0.5) is 31.3 Å². The van der Waals surface area contributed by atoms with Crippen molar-refractivity contribution in [3.63, 3.8) is 0 Å². The van der Waals surface area contributed by atoms with E-state index in [4.69, 9.17) is 15.2 Å². The van der Waals surface area contributed by atoms with E-state index in [1.807, 2.05) is 11.0 Å². The highest BCUT2D eigenvalue weighted by Crippen LogP contribution is 2.49. The minimum atomic E-state index is -5.09. The van der Waals surface area contributed by atoms with E-state index >= 15 is 4.39 Å². The largest absolute Gasteiger partial charge is 0.474 e. The number of fused-ring (bicyclic) bond motifs is 3. The van der Waals surface area contributed by atoms with Crippen LogP contribution in [0.5, 0.6) is 11.9 Å². The molecular weight excluding hydrogens is 670 g/mol. The Morgan fingerprint density at radius 2 is 1.92 bits per heavy atom. The number of nitrogen functional groups attached to an aromatic ring is 1. The Morgan fingerprint density at radius 1 is 1.14 bits per heavy atom. The lowest BCUT2D eigenvalue weighted by molar-refractivity contribution is -0.137. The molecule has 0 radical (unpaired) electrons. The molecule has 8 nitrogen and oxygen atoms in total. The van der Waals surface area contributed by atoms with Gasteiger partial charge in [0.15, 0.2) is 5.82 Å². The van der Waals surface area contributed by atoms with Crippen molar-refractivity contribution in [3.05, 3.63) is 41.0 Å². The number of aromatic nitrogens is 2. The van der Waals surface area contributed by atoms with Crippen molar-refractivity contribution in [2.45, 2.75) is 68.9 Å². The molecule has 1 saturated carbocycles. The van der Waals surface area contributed by atoms with E-state index in [-0.39, 0.29) is 74.6 Å². The average molecular weight is 703 g/mol. The summed E-state index contributed by atoms with van der Waals surface area (Å²) in [6.07, 6.45) is -1.73. The Hall–Kier alpha value is -3.87. The van der Waals surface area contributed by atoms with E-state index < -0.39 is 46.2 Å². The monoisotopic (exact) mass is 702 g/mol. The van der Waals surface area contributed by atoms with E-state index in [1.54, 1.807) is 0 Å². The van der Waals surface area contributed by atoms with Gasteiger partial charge < -0.3 is 20.5 Å². The van der Waals surface area contributed by atoms with Gasteiger partial charge in [0.2, 0.25) is 5.88 Å². The van der Waals surface area contributed by atoms with Gasteiger partial charge in [-0.2, -0.15) is 28.4 Å². The normalized spacial score (nSPS) is 24.0. The maximum absolute atomic E-state index is 16.9. The molecule has 258 valence electrons. The molecule has 2 atom stereocenters. The van der Waals surface area contributed by atoms with E-state index in [0.717, 1.165) is 50.6 Å². The highest BCUT2D eigenvalue weighted by Gasteiger charge is 2.49. The summed E-state index contributed by atoms with van der Waals surface area (Å²) >= 11 is 0.694. The zero-order valence-electron chi connectivity index (χ0n) is 26.2. The number of ether oxygens (including phenoxy) is 2. The highest BCUT2D eigenvalue weighted by molar-refractivity contribution is 7.23. The van der Waals surface area contributed by atoms with Crippen molar-refractivity contribution in [2.24, 2.45) is 5.41 Å². The summed E-state index contributed by atoms with van der Waals surface area (Å²) in [6.45, 7) is 2.78. The highest BCUT2D eigenvalue weighted by atomic mass is 32.1. The van der Waals surface area contributed by atoms with Crippen molar-refractivity contribution < 1.29 is 35.8 Å². The summed E-state index contributed by atoms with van der Waals surface area (Å²) in [5, 5.41) is 12.5. The lowest BCUT2D eigenvalue weighted by Crippen LogP contribution is -2.55. The number of rotatable bonds is 6. The number of nitrogens with zero attached hydrogens (tertiary/aromatic N) is 4. The molecule has 1 spiro atoms. The van der Waals surface area contributed by atoms with Gasteiger partial charge in [0.05, 0.1) is 26.8 Å². The number of alkyl halides is 4. The standard InChI is InChI=1S/C34H32F6N6O2S/c35-17-11-33(6-1-9-46(33)13-17)16-47-31-44-27-20(30(45-31)48-18-4-7-32(8-5-18)14-43-15-32)10-22(34(38,39)40)25(26(27)37)19-2-3-23(36)28-24(19)21(12-41)29(42)49-28/h2-3,10,17-18,43H,1,4-9,11,13-16,42H2. The van der Waals surface area contributed by atoms with Crippen molar-refractivity contribution in [2.75, 3.05) is 38.5 Å². The zero-order valence-corrected chi connectivity index (χ0v) is 27.0. The second-order valence-corrected chi connectivity index (χ2v) is 14.9. The van der Waals surface area contributed by atoms with Gasteiger partial charge in [0.25, 0.3) is 0 Å². The number of nitrogens with two attached hydrogens (primary N) is 1. The molecule has 0 bridgehead atoms. The number of nitrogens with one attached hydrogen (secondary N) is 1. The Balaban J connectivity index is 1.28. The number of anilines is 1. The van der Waals surface area contributed by atoms with Crippen molar-refractivity contribution in [1.82, 2.24) is 20.2 Å². The van der Waals surface area contributed by atoms with Gasteiger partial charge in [0, 0.05) is 37.0 Å². The minimum absolute atomic E-state index is 0.00468. The summed E-state index contributed by atoms with van der Waals surface area (Å²) in [7, 11) is 0. The van der Waals surface area contributed by atoms with Gasteiger partial charge in [-0.3, -0.25) is 4.90 Å². The molecule has 4 aliphatic rings. The topological polar surface area (TPSA) is 109 Å². The molecule has 3 N–H and O–H groups in total. The SMILES string of the molecule is N#Cc1c(N)sc2c(F)ccc(-c3c(C(F)(F)F)cc4c(OC5CCC6(CC5)CNC6)nc(OCC56CCCN5CC(F)C6)nc4c3F)c12. The lowest BCUT2D eigenvalue weighted by Gasteiger charge is -2.47. The van der Waals surface area contributed by atoms with Gasteiger partial charge in [-0.15, -0.1) is 11.3 Å². The fourth-order valence-electron chi connectivity index (χ4n) is 8.29. The van der Waals surface area contributed by atoms with Gasteiger partial charge in [-0.25, -0.2) is 13.2 Å². The van der Waals surface area contributed by atoms with Crippen LogP contribution in [0.3, 0.4) is 0 Å². The third-order valence-electron chi connectivity index (χ3n) is 10.9. The molecule has 4 fully saturated rings. The molecule has 0 amide bonds. The van der Waals surface area contributed by atoms with Gasteiger partial charge >= 0.3 is 12.2 Å². The lowest BCUT2D eigenvalue weighted by atomic mass is 9.69. The molecule has 49 heavy (non-hydrogen) atoms. The van der Waals surface area contributed by atoms with Crippen molar-refractivity contribution in [3.8, 4) is 29.1 Å². The Kier molecular flexibility index (Phi) is 7.66. The van der Waals surface area contributed by atoms with E-state index in [2.05, 4.69) is 15.3 Å². The van der Waals surface area contributed by atoms with Crippen LogP contribution in [-0.2, 0) is 6.18 Å². The van der Waals surface area contributed by atoms with Crippen LogP contribution in [0.2, 0.25) is 0 Å². The summed E-state index contributed by atoms with van der Waals surface area (Å²) < 4.78 is 103. The molecule has 3 saturated heterocycles. The van der Waals surface area contributed by atoms with Gasteiger partial charge in [0.1, 0.15) is 41.3 Å². The van der Waals surface area contributed by atoms with Crippen LogP contribution in [0.1, 0.15) is 56.1 Å². The van der Waals surface area contributed by atoms with Crippen LogP contribution in [0.15, 0.2) is 18.2 Å². The van der Waals surface area contributed by atoms with Crippen LogP contribution < -0.4 is 20.5 Å². The first-order chi connectivity index (χ1) is 23.4. The molecule has 1 aliphatic carbocycles. The van der Waals surface area contributed by atoms with E-state index in [9.17, 15) is 27.2 Å². The third kappa shape index (κ3) is 5.34. The maximum Gasteiger partial charge on any atom is 0.417 e. The number of thiophene rings is 1. The fourth-order valence-corrected chi connectivity index (χ4v) is 9.24. The summed E-state index contributed by atoms with van der Waals surface area (Å²) in [6, 6.07) is 4.18. The minimum Gasteiger partial charge on any atom is -0.474 e. The summed E-state index contributed by atoms with van der Waals surface area (Å²) in [5.41, 5.74) is 2.15.